The van der Waals surface area contributed by atoms with E-state index in [0.29, 0.717) is 5.03 Å². The van der Waals surface area contributed by atoms with Gasteiger partial charge >= 0.3 is 6.18 Å². The van der Waals surface area contributed by atoms with Crippen molar-refractivity contribution >= 4 is 33.3 Å². The van der Waals surface area contributed by atoms with Crippen LogP contribution < -0.4 is 0 Å². The van der Waals surface area contributed by atoms with Crippen molar-refractivity contribution in [2.75, 3.05) is 0 Å². The smallest absolute Gasteiger partial charge is 0.301 e. The molecule has 0 N–H and O–H groups in total. The van der Waals surface area contributed by atoms with Gasteiger partial charge in [-0.25, -0.2) is 9.97 Å². The summed E-state index contributed by atoms with van der Waals surface area (Å²) in [5, 5.41) is 8.71. The highest BCUT2D eigenvalue weighted by atomic mass is 32.2. The van der Waals surface area contributed by atoms with Crippen LogP contribution in [0, 0.1) is 0 Å². The Hall–Kier alpha value is -1.68. The van der Waals surface area contributed by atoms with Crippen LogP contribution >= 0.6 is 23.1 Å². The molecule has 0 unspecified atom stereocenters. The molecule has 4 rings (SSSR count). The molecule has 0 bridgehead atoms. The molecule has 126 valence electrons. The van der Waals surface area contributed by atoms with Gasteiger partial charge in [0.05, 0.1) is 0 Å². The molecule has 0 spiro atoms. The summed E-state index contributed by atoms with van der Waals surface area (Å²) in [7, 11) is 1.31. The zero-order valence-electron chi connectivity index (χ0n) is 12.6. The van der Waals surface area contributed by atoms with Crippen molar-refractivity contribution in [2.45, 2.75) is 42.0 Å². The number of hydrogen-bond acceptors (Lipinski definition) is 6. The predicted molar refractivity (Wildman–Crippen MR) is 84.2 cm³/mol. The lowest BCUT2D eigenvalue weighted by Crippen LogP contribution is -2.12. The van der Waals surface area contributed by atoms with Crippen molar-refractivity contribution < 1.29 is 13.2 Å². The van der Waals surface area contributed by atoms with Crippen molar-refractivity contribution in [2.24, 2.45) is 7.05 Å². The predicted octanol–water partition coefficient (Wildman–Crippen LogP) is 3.87. The van der Waals surface area contributed by atoms with Crippen LogP contribution in [-0.2, 0) is 26.1 Å². The molecule has 0 radical (unpaired) electrons. The zero-order valence-corrected chi connectivity index (χ0v) is 14.2. The summed E-state index contributed by atoms with van der Waals surface area (Å²) in [6.45, 7) is 0. The van der Waals surface area contributed by atoms with E-state index in [4.69, 9.17) is 0 Å². The third-order valence-corrected chi connectivity index (χ3v) is 6.23. The van der Waals surface area contributed by atoms with E-state index in [-0.39, 0.29) is 5.16 Å². The number of thiophene rings is 1. The molecule has 24 heavy (non-hydrogen) atoms. The Kier molecular flexibility index (Phi) is 3.75. The van der Waals surface area contributed by atoms with Gasteiger partial charge in [-0.2, -0.15) is 13.2 Å². The molecule has 3 heterocycles. The highest BCUT2D eigenvalue weighted by Crippen LogP contribution is 2.41. The van der Waals surface area contributed by atoms with E-state index in [2.05, 4.69) is 20.2 Å². The molecule has 1 aliphatic rings. The van der Waals surface area contributed by atoms with Crippen LogP contribution in [-0.4, -0.2) is 24.7 Å². The molecule has 0 fully saturated rings. The molecule has 5 nitrogen and oxygen atoms in total. The topological polar surface area (TPSA) is 56.5 Å². The van der Waals surface area contributed by atoms with Crippen LogP contribution in [0.2, 0.25) is 0 Å². The van der Waals surface area contributed by atoms with Crippen LogP contribution in [0.5, 0.6) is 0 Å². The number of rotatable bonds is 2. The van der Waals surface area contributed by atoms with E-state index in [1.807, 2.05) is 0 Å². The van der Waals surface area contributed by atoms with E-state index in [9.17, 15) is 13.2 Å². The normalized spacial score (nSPS) is 15.0. The van der Waals surface area contributed by atoms with E-state index in [0.717, 1.165) is 52.2 Å². The summed E-state index contributed by atoms with van der Waals surface area (Å²) >= 11 is 2.75. The molecule has 1 aliphatic carbocycles. The fraction of sp³-hybridized carbons (Fsp3) is 0.429. The lowest BCUT2D eigenvalue weighted by Gasteiger charge is -2.11. The SMILES string of the molecule is Cn1c(Sc2ncnc3sc4c(c23)CCCC4)nnc1C(F)(F)F. The number of halogens is 3. The molecule has 0 atom stereocenters. The number of nitrogens with zero attached hydrogens (tertiary/aromatic N) is 5. The van der Waals surface area contributed by atoms with Gasteiger partial charge in [-0.05, 0) is 43.0 Å². The van der Waals surface area contributed by atoms with E-state index in [1.54, 1.807) is 11.3 Å². The van der Waals surface area contributed by atoms with Crippen molar-refractivity contribution in [3.8, 4) is 0 Å². The molecule has 3 aromatic rings. The Morgan fingerprint density at radius 3 is 2.71 bits per heavy atom. The summed E-state index contributed by atoms with van der Waals surface area (Å²) in [6.07, 6.45) is 1.19. The average molecular weight is 371 g/mol. The van der Waals surface area contributed by atoms with Gasteiger partial charge in [0.1, 0.15) is 16.2 Å². The van der Waals surface area contributed by atoms with Crippen LogP contribution in [0.1, 0.15) is 29.1 Å². The van der Waals surface area contributed by atoms with Crippen LogP contribution in [0.4, 0.5) is 13.2 Å². The Morgan fingerprint density at radius 1 is 1.17 bits per heavy atom. The molecule has 0 aliphatic heterocycles. The molecular weight excluding hydrogens is 359 g/mol. The first kappa shape index (κ1) is 15.8. The van der Waals surface area contributed by atoms with E-state index in [1.165, 1.54) is 23.8 Å². The Morgan fingerprint density at radius 2 is 1.96 bits per heavy atom. The average Bonchev–Trinajstić information content (AvgIpc) is 3.08. The first-order valence-electron chi connectivity index (χ1n) is 7.35. The van der Waals surface area contributed by atoms with Gasteiger partial charge in [-0.1, -0.05) is 0 Å². The standard InChI is InChI=1S/C14H12F3N5S2/c1-22-12(14(15,16)17)20-21-13(22)24-11-9-7-4-2-3-5-8(7)23-10(9)18-6-19-11/h6H,2-5H2,1H3. The molecule has 3 aromatic heterocycles. The Labute approximate surface area is 143 Å². The summed E-state index contributed by atoms with van der Waals surface area (Å²) in [4.78, 5) is 10.8. The Balaban J connectivity index is 1.78. The minimum absolute atomic E-state index is 0.165. The molecule has 0 saturated carbocycles. The third kappa shape index (κ3) is 2.57. The minimum Gasteiger partial charge on any atom is -0.301 e. The largest absolute Gasteiger partial charge is 0.451 e. The van der Waals surface area contributed by atoms with Gasteiger partial charge in [-0.3, -0.25) is 0 Å². The number of hydrogen-bond donors (Lipinski definition) is 0. The van der Waals surface area contributed by atoms with Crippen molar-refractivity contribution in [3.63, 3.8) is 0 Å². The van der Waals surface area contributed by atoms with Crippen LogP contribution in [0.15, 0.2) is 16.5 Å². The third-order valence-electron chi connectivity index (χ3n) is 3.99. The van der Waals surface area contributed by atoms with Crippen molar-refractivity contribution in [3.05, 3.63) is 22.6 Å². The maximum Gasteiger partial charge on any atom is 0.451 e. The molecular formula is C14H12F3N5S2. The Bertz CT molecular complexity index is 915. The van der Waals surface area contributed by atoms with Gasteiger partial charge in [-0.15, -0.1) is 21.5 Å². The fourth-order valence-electron chi connectivity index (χ4n) is 2.88. The van der Waals surface area contributed by atoms with Gasteiger partial charge in [0.2, 0.25) is 5.82 Å². The summed E-state index contributed by atoms with van der Waals surface area (Å²) < 4.78 is 39.6. The van der Waals surface area contributed by atoms with Crippen LogP contribution in [0.3, 0.4) is 0 Å². The van der Waals surface area contributed by atoms with E-state index >= 15 is 0 Å². The van der Waals surface area contributed by atoms with Crippen molar-refractivity contribution in [1.82, 2.24) is 24.7 Å². The second kappa shape index (κ2) is 5.69. The second-order valence-electron chi connectivity index (χ2n) is 5.53. The highest BCUT2D eigenvalue weighted by Gasteiger charge is 2.37. The first-order chi connectivity index (χ1) is 11.4. The second-order valence-corrected chi connectivity index (χ2v) is 7.57. The monoisotopic (exact) mass is 371 g/mol. The maximum atomic E-state index is 12.9. The quantitative estimate of drug-likeness (QED) is 0.640. The first-order valence-corrected chi connectivity index (χ1v) is 8.98. The molecule has 10 heteroatoms. The molecule has 0 aromatic carbocycles. The lowest BCUT2D eigenvalue weighted by atomic mass is 9.97. The summed E-state index contributed by atoms with van der Waals surface area (Å²) in [6, 6.07) is 0. The number of alkyl halides is 3. The number of fused-ring (bicyclic) bond motifs is 3. The van der Waals surface area contributed by atoms with Gasteiger partial charge < -0.3 is 4.57 Å². The minimum atomic E-state index is -4.52. The number of aryl methyl sites for hydroxylation is 2. The van der Waals surface area contributed by atoms with Gasteiger partial charge in [0, 0.05) is 17.3 Å². The van der Waals surface area contributed by atoms with Crippen molar-refractivity contribution in [1.29, 1.82) is 0 Å². The fourth-order valence-corrected chi connectivity index (χ4v) is 5.07. The van der Waals surface area contributed by atoms with Crippen LogP contribution in [0.25, 0.3) is 10.2 Å². The summed E-state index contributed by atoms with van der Waals surface area (Å²) in [5.74, 6) is -1.01. The van der Waals surface area contributed by atoms with Gasteiger partial charge in [0.15, 0.2) is 5.16 Å². The molecule has 0 saturated heterocycles. The van der Waals surface area contributed by atoms with E-state index < -0.39 is 12.0 Å². The highest BCUT2D eigenvalue weighted by molar-refractivity contribution is 7.99. The lowest BCUT2D eigenvalue weighted by molar-refractivity contribution is -0.147. The zero-order chi connectivity index (χ0) is 16.9. The summed E-state index contributed by atoms with van der Waals surface area (Å²) in [5.41, 5.74) is 1.24. The maximum absolute atomic E-state index is 12.9. The molecule has 0 amide bonds. The number of aromatic nitrogens is 5. The van der Waals surface area contributed by atoms with Gasteiger partial charge in [0.25, 0.3) is 0 Å².